The third kappa shape index (κ3) is 4.84. The minimum Gasteiger partial charge on any atom is -0.473 e. The predicted octanol–water partition coefficient (Wildman–Crippen LogP) is 2.98. The lowest BCUT2D eigenvalue weighted by Crippen LogP contribution is -2.50. The smallest absolute Gasteiger partial charge is 0.407 e. The van der Waals surface area contributed by atoms with Gasteiger partial charge in [0.05, 0.1) is 6.20 Å². The molecule has 1 aromatic rings. The van der Waals surface area contributed by atoms with E-state index in [1.54, 1.807) is 6.20 Å². The van der Waals surface area contributed by atoms with Gasteiger partial charge in [0.1, 0.15) is 22.0 Å². The molecular formula is C14H20BrN3O3. The van der Waals surface area contributed by atoms with E-state index in [4.69, 9.17) is 9.47 Å². The first-order valence-corrected chi connectivity index (χ1v) is 7.67. The maximum absolute atomic E-state index is 11.6. The molecule has 2 rings (SSSR count). The van der Waals surface area contributed by atoms with Crippen LogP contribution in [0.4, 0.5) is 4.79 Å². The topological polar surface area (TPSA) is 73.3 Å². The van der Waals surface area contributed by atoms with Crippen LogP contribution in [0, 0.1) is 6.92 Å². The molecule has 0 spiro atoms. The van der Waals surface area contributed by atoms with Crippen molar-refractivity contribution in [1.82, 2.24) is 15.3 Å². The van der Waals surface area contributed by atoms with Crippen molar-refractivity contribution in [1.29, 1.82) is 0 Å². The molecule has 1 N–H and O–H groups in total. The number of aromatic nitrogens is 2. The number of nitrogens with zero attached hydrogens (tertiary/aromatic N) is 2. The van der Waals surface area contributed by atoms with Crippen LogP contribution in [0.5, 0.6) is 5.88 Å². The monoisotopic (exact) mass is 357 g/mol. The van der Waals surface area contributed by atoms with Crippen molar-refractivity contribution in [2.45, 2.75) is 58.3 Å². The molecule has 0 saturated heterocycles. The van der Waals surface area contributed by atoms with Gasteiger partial charge in [0, 0.05) is 18.9 Å². The minimum atomic E-state index is -0.478. The summed E-state index contributed by atoms with van der Waals surface area (Å²) in [6, 6.07) is 0.0913. The van der Waals surface area contributed by atoms with Gasteiger partial charge in [-0.05, 0) is 43.6 Å². The molecule has 1 saturated carbocycles. The van der Waals surface area contributed by atoms with E-state index in [-0.39, 0.29) is 18.2 Å². The van der Waals surface area contributed by atoms with Gasteiger partial charge in [0.25, 0.3) is 0 Å². The Balaban J connectivity index is 1.75. The van der Waals surface area contributed by atoms with Gasteiger partial charge in [-0.3, -0.25) is 0 Å². The number of amides is 1. The molecule has 0 aliphatic heterocycles. The van der Waals surface area contributed by atoms with Crippen molar-refractivity contribution in [3.63, 3.8) is 0 Å². The fourth-order valence-corrected chi connectivity index (χ4v) is 2.34. The number of carbonyl (C=O) groups is 1. The first-order chi connectivity index (χ1) is 9.73. The molecular weight excluding hydrogens is 338 g/mol. The van der Waals surface area contributed by atoms with Crippen LogP contribution >= 0.6 is 15.9 Å². The Kier molecular flexibility index (Phi) is 4.70. The molecule has 0 atom stereocenters. The number of hydrogen-bond donors (Lipinski definition) is 1. The lowest BCUT2D eigenvalue weighted by molar-refractivity contribution is 0.0352. The zero-order valence-electron chi connectivity index (χ0n) is 12.6. The molecule has 1 aliphatic carbocycles. The summed E-state index contributed by atoms with van der Waals surface area (Å²) >= 11 is 3.26. The van der Waals surface area contributed by atoms with Gasteiger partial charge < -0.3 is 14.8 Å². The molecule has 0 aromatic carbocycles. The number of ether oxygens (including phenoxy) is 2. The standard InChI is InChI=1S/C14H20BrN3O3/c1-8-12(16-7-11(15)17-8)20-10-5-9(6-10)18-13(19)21-14(2,3)4/h7,9-10H,5-6H2,1-4H3,(H,18,19). The summed E-state index contributed by atoms with van der Waals surface area (Å²) in [5.41, 5.74) is 0.265. The summed E-state index contributed by atoms with van der Waals surface area (Å²) in [4.78, 5) is 20.0. The summed E-state index contributed by atoms with van der Waals surface area (Å²) in [6.07, 6.45) is 2.77. The minimum absolute atomic E-state index is 0.0547. The predicted molar refractivity (Wildman–Crippen MR) is 81.3 cm³/mol. The fourth-order valence-electron chi connectivity index (χ4n) is 1.97. The van der Waals surface area contributed by atoms with Gasteiger partial charge in [-0.2, -0.15) is 0 Å². The third-order valence-electron chi connectivity index (χ3n) is 2.97. The molecule has 6 nitrogen and oxygen atoms in total. The molecule has 1 fully saturated rings. The van der Waals surface area contributed by atoms with Gasteiger partial charge in [0.2, 0.25) is 5.88 Å². The molecule has 1 aromatic heterocycles. The maximum Gasteiger partial charge on any atom is 0.407 e. The Labute approximate surface area is 132 Å². The first-order valence-electron chi connectivity index (χ1n) is 6.88. The van der Waals surface area contributed by atoms with Crippen molar-refractivity contribution in [3.8, 4) is 5.88 Å². The summed E-state index contributed by atoms with van der Waals surface area (Å²) in [6.45, 7) is 7.37. The SMILES string of the molecule is Cc1nc(Br)cnc1OC1CC(NC(=O)OC(C)(C)C)C1. The molecule has 1 aliphatic rings. The second-order valence-electron chi connectivity index (χ2n) is 6.14. The summed E-state index contributed by atoms with van der Waals surface area (Å²) in [7, 11) is 0. The summed E-state index contributed by atoms with van der Waals surface area (Å²) in [5, 5.41) is 2.83. The Morgan fingerprint density at radius 1 is 1.43 bits per heavy atom. The number of hydrogen-bond acceptors (Lipinski definition) is 5. The highest BCUT2D eigenvalue weighted by Gasteiger charge is 2.33. The normalized spacial score (nSPS) is 21.4. The van der Waals surface area contributed by atoms with Crippen LogP contribution in [-0.4, -0.2) is 33.8 Å². The Morgan fingerprint density at radius 3 is 2.67 bits per heavy atom. The highest BCUT2D eigenvalue weighted by molar-refractivity contribution is 9.10. The number of alkyl carbamates (subject to hydrolysis) is 1. The highest BCUT2D eigenvalue weighted by Crippen LogP contribution is 2.26. The van der Waals surface area contributed by atoms with Crippen LogP contribution in [0.3, 0.4) is 0 Å². The largest absolute Gasteiger partial charge is 0.473 e. The second kappa shape index (κ2) is 6.17. The van der Waals surface area contributed by atoms with E-state index in [1.807, 2.05) is 27.7 Å². The van der Waals surface area contributed by atoms with Crippen LogP contribution < -0.4 is 10.1 Å². The van der Waals surface area contributed by atoms with Gasteiger partial charge >= 0.3 is 6.09 Å². The van der Waals surface area contributed by atoms with Crippen molar-refractivity contribution in [3.05, 3.63) is 16.5 Å². The molecule has 1 amide bonds. The Bertz CT molecular complexity index is 525. The number of nitrogens with one attached hydrogen (secondary N) is 1. The molecule has 7 heteroatoms. The van der Waals surface area contributed by atoms with Gasteiger partial charge in [0.15, 0.2) is 0 Å². The van der Waals surface area contributed by atoms with E-state index in [0.717, 1.165) is 18.5 Å². The van der Waals surface area contributed by atoms with Crippen LogP contribution in [0.15, 0.2) is 10.8 Å². The Morgan fingerprint density at radius 2 is 2.10 bits per heavy atom. The van der Waals surface area contributed by atoms with E-state index >= 15 is 0 Å². The van der Waals surface area contributed by atoms with Crippen molar-refractivity contribution < 1.29 is 14.3 Å². The van der Waals surface area contributed by atoms with Gasteiger partial charge in [-0.1, -0.05) is 0 Å². The van der Waals surface area contributed by atoms with Crippen LogP contribution in [0.2, 0.25) is 0 Å². The van der Waals surface area contributed by atoms with Crippen LogP contribution in [0.25, 0.3) is 0 Å². The van der Waals surface area contributed by atoms with E-state index in [1.165, 1.54) is 0 Å². The van der Waals surface area contributed by atoms with E-state index < -0.39 is 5.60 Å². The average molecular weight is 358 g/mol. The summed E-state index contributed by atoms with van der Waals surface area (Å²) < 4.78 is 11.7. The van der Waals surface area contributed by atoms with Gasteiger partial charge in [-0.25, -0.2) is 14.8 Å². The van der Waals surface area contributed by atoms with E-state index in [9.17, 15) is 4.79 Å². The van der Waals surface area contributed by atoms with Gasteiger partial charge in [-0.15, -0.1) is 0 Å². The van der Waals surface area contributed by atoms with Crippen molar-refractivity contribution in [2.24, 2.45) is 0 Å². The second-order valence-corrected chi connectivity index (χ2v) is 6.95. The third-order valence-corrected chi connectivity index (χ3v) is 3.35. The van der Waals surface area contributed by atoms with E-state index in [0.29, 0.717) is 10.5 Å². The number of rotatable bonds is 3. The maximum atomic E-state index is 11.6. The van der Waals surface area contributed by atoms with Crippen LogP contribution in [-0.2, 0) is 4.74 Å². The highest BCUT2D eigenvalue weighted by atomic mass is 79.9. The molecule has 1 heterocycles. The zero-order valence-corrected chi connectivity index (χ0v) is 14.2. The quantitative estimate of drug-likeness (QED) is 0.899. The average Bonchev–Trinajstić information content (AvgIpc) is 2.26. The number of carbonyl (C=O) groups excluding carboxylic acids is 1. The van der Waals surface area contributed by atoms with Crippen LogP contribution in [0.1, 0.15) is 39.3 Å². The van der Waals surface area contributed by atoms with Crippen molar-refractivity contribution >= 4 is 22.0 Å². The van der Waals surface area contributed by atoms with E-state index in [2.05, 4.69) is 31.2 Å². The lowest BCUT2D eigenvalue weighted by atomic mass is 9.89. The number of aryl methyl sites for hydroxylation is 1. The summed E-state index contributed by atoms with van der Waals surface area (Å²) in [5.74, 6) is 0.541. The number of halogens is 1. The molecule has 21 heavy (non-hydrogen) atoms. The lowest BCUT2D eigenvalue weighted by Gasteiger charge is -2.35. The molecule has 0 bridgehead atoms. The first kappa shape index (κ1) is 16.0. The molecule has 116 valence electrons. The van der Waals surface area contributed by atoms with Crippen molar-refractivity contribution in [2.75, 3.05) is 0 Å². The fraction of sp³-hybridized carbons (Fsp3) is 0.643. The molecule has 0 unspecified atom stereocenters. The Hall–Kier alpha value is -1.37. The zero-order chi connectivity index (χ0) is 15.6. The molecule has 0 radical (unpaired) electrons.